The average Bonchev–Trinajstić information content (AvgIpc) is 3.16. The number of furan rings is 1. The summed E-state index contributed by atoms with van der Waals surface area (Å²) in [6.07, 6.45) is 3.94. The quantitative estimate of drug-likeness (QED) is 0.620. The van der Waals surface area contributed by atoms with Crippen LogP contribution in [0.3, 0.4) is 0 Å². The van der Waals surface area contributed by atoms with Crippen LogP contribution in [-0.2, 0) is 13.0 Å². The van der Waals surface area contributed by atoms with Crippen LogP contribution in [0.25, 0.3) is 22.4 Å². The van der Waals surface area contributed by atoms with E-state index in [9.17, 15) is 9.59 Å². The minimum Gasteiger partial charge on any atom is -0.464 e. The lowest BCUT2D eigenvalue weighted by Crippen LogP contribution is -2.34. The minimum absolute atomic E-state index is 0.408. The fraction of sp³-hybridized carbons (Fsp3) is 0.105. The van der Waals surface area contributed by atoms with Gasteiger partial charge in [-0.3, -0.25) is 9.78 Å². The van der Waals surface area contributed by atoms with E-state index in [-0.39, 0.29) is 0 Å². The third-order valence-electron chi connectivity index (χ3n) is 4.19. The smallest absolute Gasteiger partial charge is 0.415 e. The van der Waals surface area contributed by atoms with Gasteiger partial charge in [0.05, 0.1) is 19.0 Å². The van der Waals surface area contributed by atoms with E-state index in [1.807, 2.05) is 30.3 Å². The molecule has 0 aliphatic heterocycles. The zero-order chi connectivity index (χ0) is 17.2. The van der Waals surface area contributed by atoms with Crippen molar-refractivity contribution in [3.8, 4) is 11.3 Å². The molecule has 4 aromatic rings. The number of nitrogens with one attached hydrogen (secondary N) is 2. The van der Waals surface area contributed by atoms with Crippen LogP contribution >= 0.6 is 0 Å². The van der Waals surface area contributed by atoms with Gasteiger partial charge in [-0.05, 0) is 23.8 Å². The van der Waals surface area contributed by atoms with E-state index >= 15 is 0 Å². The lowest BCUT2D eigenvalue weighted by molar-refractivity contribution is -0.349. The highest BCUT2D eigenvalue weighted by molar-refractivity contribution is 5.88. The third kappa shape index (κ3) is 2.78. The van der Waals surface area contributed by atoms with Gasteiger partial charge in [-0.2, -0.15) is 4.57 Å². The number of rotatable bonds is 4. The third-order valence-corrected chi connectivity index (χ3v) is 4.19. The van der Waals surface area contributed by atoms with Crippen LogP contribution in [0.15, 0.2) is 75.0 Å². The van der Waals surface area contributed by atoms with Crippen molar-refractivity contribution >= 4 is 11.0 Å². The Kier molecular flexibility index (Phi) is 3.78. The number of hydrogen-bond donors (Lipinski definition) is 1. The maximum Gasteiger partial charge on any atom is 0.415 e. The first-order valence-corrected chi connectivity index (χ1v) is 7.99. The molecule has 0 spiro atoms. The molecule has 0 unspecified atom stereocenters. The Morgan fingerprint density at radius 1 is 1.04 bits per heavy atom. The molecule has 1 aromatic carbocycles. The highest BCUT2D eigenvalue weighted by Gasteiger charge is 2.20. The number of nitrogens with zero attached hydrogens (tertiary/aromatic N) is 1. The number of aryl methyl sites for hydroxylation is 2. The summed E-state index contributed by atoms with van der Waals surface area (Å²) in [5.41, 5.74) is 1.39. The largest absolute Gasteiger partial charge is 0.464 e. The Morgan fingerprint density at radius 3 is 2.64 bits per heavy atom. The molecule has 2 N–H and O–H groups in total. The summed E-state index contributed by atoms with van der Waals surface area (Å²) in [5, 5.41) is 0.408. The molecule has 6 nitrogen and oxygen atoms in total. The molecule has 0 fully saturated rings. The fourth-order valence-corrected chi connectivity index (χ4v) is 2.99. The lowest BCUT2D eigenvalue weighted by atomic mass is 10.1. The van der Waals surface area contributed by atoms with Gasteiger partial charge >= 0.3 is 5.69 Å². The maximum atomic E-state index is 12.4. The molecule has 25 heavy (non-hydrogen) atoms. The van der Waals surface area contributed by atoms with Gasteiger partial charge in [0.25, 0.3) is 11.2 Å². The summed E-state index contributed by atoms with van der Waals surface area (Å²) in [5.74, 6) is 0.581. The van der Waals surface area contributed by atoms with Crippen molar-refractivity contribution in [2.45, 2.75) is 13.0 Å². The second-order valence-corrected chi connectivity index (χ2v) is 5.74. The number of hydrogen-bond acceptors (Lipinski definition) is 3. The van der Waals surface area contributed by atoms with Crippen molar-refractivity contribution in [1.82, 2.24) is 9.55 Å². The molecule has 0 aliphatic carbocycles. The van der Waals surface area contributed by atoms with Gasteiger partial charge in [-0.15, -0.1) is 0 Å². The Morgan fingerprint density at radius 2 is 1.88 bits per heavy atom. The van der Waals surface area contributed by atoms with Crippen LogP contribution in [-0.4, -0.2) is 9.55 Å². The van der Waals surface area contributed by atoms with Crippen LogP contribution in [0.1, 0.15) is 5.56 Å². The molecule has 4 rings (SSSR count). The molecule has 0 aliphatic rings. The summed E-state index contributed by atoms with van der Waals surface area (Å²) in [7, 11) is 0. The second-order valence-electron chi connectivity index (χ2n) is 5.74. The molecule has 6 heteroatoms. The summed E-state index contributed by atoms with van der Waals surface area (Å²) >= 11 is 0. The number of aromatic amines is 2. The van der Waals surface area contributed by atoms with Crippen molar-refractivity contribution < 1.29 is 9.40 Å². The number of aromatic nitrogens is 3. The van der Waals surface area contributed by atoms with Gasteiger partial charge in [0.15, 0.2) is 0 Å². The normalized spacial score (nSPS) is 11.0. The van der Waals surface area contributed by atoms with E-state index < -0.39 is 11.2 Å². The van der Waals surface area contributed by atoms with Crippen molar-refractivity contribution in [2.24, 2.45) is 0 Å². The van der Waals surface area contributed by atoms with Gasteiger partial charge in [0.2, 0.25) is 0 Å². The van der Waals surface area contributed by atoms with E-state index in [2.05, 4.69) is 9.97 Å². The molecule has 0 saturated heterocycles. The van der Waals surface area contributed by atoms with Crippen LogP contribution < -0.4 is 16.2 Å². The first-order chi connectivity index (χ1) is 12.2. The highest BCUT2D eigenvalue weighted by Crippen LogP contribution is 2.23. The van der Waals surface area contributed by atoms with Gasteiger partial charge in [-0.1, -0.05) is 30.3 Å². The summed E-state index contributed by atoms with van der Waals surface area (Å²) in [4.78, 5) is 30.2. The van der Waals surface area contributed by atoms with Crippen LogP contribution in [0.5, 0.6) is 0 Å². The Bertz CT molecular complexity index is 1130. The SMILES string of the molecule is O=c1[nH]c(=O)n(CCc2ccccc2)c2[nH+]ccc(-c3ccco3)c12. The van der Waals surface area contributed by atoms with Crippen LogP contribution in [0.4, 0.5) is 0 Å². The number of pyridine rings is 1. The molecule has 3 heterocycles. The highest BCUT2D eigenvalue weighted by atomic mass is 16.3. The van der Waals surface area contributed by atoms with Gasteiger partial charge < -0.3 is 4.42 Å². The van der Waals surface area contributed by atoms with Gasteiger partial charge in [0.1, 0.15) is 11.1 Å². The Balaban J connectivity index is 1.86. The topological polar surface area (TPSA) is 82.1 Å². The molecule has 124 valence electrons. The lowest BCUT2D eigenvalue weighted by Gasteiger charge is -2.05. The van der Waals surface area contributed by atoms with Crippen LogP contribution in [0.2, 0.25) is 0 Å². The van der Waals surface area contributed by atoms with E-state index in [4.69, 9.17) is 4.42 Å². The van der Waals surface area contributed by atoms with Crippen LogP contribution in [0, 0.1) is 0 Å². The zero-order valence-corrected chi connectivity index (χ0v) is 13.4. The van der Waals surface area contributed by atoms with Crippen molar-refractivity contribution in [1.29, 1.82) is 0 Å². The number of fused-ring (bicyclic) bond motifs is 1. The van der Waals surface area contributed by atoms with E-state index in [1.165, 1.54) is 0 Å². The Labute approximate surface area is 142 Å². The minimum atomic E-state index is -0.431. The molecule has 0 bridgehead atoms. The zero-order valence-electron chi connectivity index (χ0n) is 13.4. The van der Waals surface area contributed by atoms with Gasteiger partial charge in [-0.25, -0.2) is 9.78 Å². The molecule has 0 atom stereocenters. The average molecular weight is 334 g/mol. The molecule has 0 radical (unpaired) electrons. The predicted octanol–water partition coefficient (Wildman–Crippen LogP) is 2.01. The van der Waals surface area contributed by atoms with Crippen molar-refractivity contribution in [3.63, 3.8) is 0 Å². The first kappa shape index (κ1) is 15.1. The van der Waals surface area contributed by atoms with E-state index in [0.29, 0.717) is 35.3 Å². The first-order valence-electron chi connectivity index (χ1n) is 7.99. The Hall–Kier alpha value is -3.41. The monoisotopic (exact) mass is 334 g/mol. The van der Waals surface area contributed by atoms with Crippen molar-refractivity contribution in [2.75, 3.05) is 0 Å². The summed E-state index contributed by atoms with van der Waals surface area (Å²) < 4.78 is 6.98. The summed E-state index contributed by atoms with van der Waals surface area (Å²) in [6, 6.07) is 15.2. The molecule has 3 aromatic heterocycles. The molecule has 0 saturated carbocycles. The second kappa shape index (κ2) is 6.24. The fourth-order valence-electron chi connectivity index (χ4n) is 2.99. The molecule has 0 amide bonds. The number of benzene rings is 1. The number of H-pyrrole nitrogens is 2. The summed E-state index contributed by atoms with van der Waals surface area (Å²) in [6.45, 7) is 0.453. The van der Waals surface area contributed by atoms with Gasteiger partial charge in [0, 0.05) is 12.0 Å². The molecular formula is C19H16N3O3+. The van der Waals surface area contributed by atoms with Crippen molar-refractivity contribution in [3.05, 3.63) is 87.4 Å². The van der Waals surface area contributed by atoms with E-state index in [1.54, 1.807) is 35.2 Å². The maximum absolute atomic E-state index is 12.4. The predicted molar refractivity (Wildman–Crippen MR) is 93.2 cm³/mol. The van der Waals surface area contributed by atoms with E-state index in [0.717, 1.165) is 5.56 Å². The molecular weight excluding hydrogens is 318 g/mol. The standard InChI is InChI=1S/C19H15N3O3/c23-18-16-14(15-7-4-12-25-15)8-10-20-17(16)22(19(24)21-18)11-9-13-5-2-1-3-6-13/h1-8,10,12H,9,11H2,(H,21,23,24)/p+1.